The largest absolute Gasteiger partial charge is 0.477 e. The Hall–Kier alpha value is -1.38. The molecule has 1 saturated heterocycles. The number of ether oxygens (including phenoxy) is 1. The van der Waals surface area contributed by atoms with Gasteiger partial charge in [0.1, 0.15) is 11.4 Å². The van der Waals surface area contributed by atoms with Gasteiger partial charge in [0, 0.05) is 33.2 Å². The molecule has 1 fully saturated rings. The van der Waals surface area contributed by atoms with Gasteiger partial charge in [0.05, 0.1) is 17.1 Å². The van der Waals surface area contributed by atoms with Crippen LogP contribution in [0.2, 0.25) is 0 Å². The highest BCUT2D eigenvalue weighted by atomic mass is 79.9. The molecule has 1 aromatic heterocycles. The molecular formula is C17H28BrN5O2. The van der Waals surface area contributed by atoms with E-state index in [-0.39, 0.29) is 11.9 Å². The number of halogens is 1. The Labute approximate surface area is 158 Å². The fourth-order valence-corrected chi connectivity index (χ4v) is 3.45. The highest BCUT2D eigenvalue weighted by molar-refractivity contribution is 9.10. The van der Waals surface area contributed by atoms with Crippen molar-refractivity contribution < 1.29 is 9.53 Å². The number of amides is 1. The van der Waals surface area contributed by atoms with Crippen molar-refractivity contribution in [1.82, 2.24) is 20.1 Å². The van der Waals surface area contributed by atoms with Crippen molar-refractivity contribution in [2.45, 2.75) is 19.9 Å². The normalized spacial score (nSPS) is 19.3. The summed E-state index contributed by atoms with van der Waals surface area (Å²) < 4.78 is 6.31. The van der Waals surface area contributed by atoms with Crippen molar-refractivity contribution in [2.24, 2.45) is 0 Å². The number of carbonyl (C=O) groups excluding carboxylic acids is 1. The van der Waals surface area contributed by atoms with E-state index in [9.17, 15) is 4.79 Å². The van der Waals surface area contributed by atoms with E-state index < -0.39 is 0 Å². The first-order chi connectivity index (χ1) is 12.0. The topological polar surface area (TPSA) is 69.7 Å². The van der Waals surface area contributed by atoms with Gasteiger partial charge < -0.3 is 25.2 Å². The van der Waals surface area contributed by atoms with Gasteiger partial charge in [-0.3, -0.25) is 4.79 Å². The van der Waals surface area contributed by atoms with Crippen LogP contribution in [0.1, 0.15) is 24.2 Å². The molecule has 0 aromatic carbocycles. The van der Waals surface area contributed by atoms with Crippen LogP contribution in [0.15, 0.2) is 10.5 Å². The zero-order valence-corrected chi connectivity index (χ0v) is 17.0. The lowest BCUT2D eigenvalue weighted by Crippen LogP contribution is -2.46. The van der Waals surface area contributed by atoms with Crippen LogP contribution < -0.4 is 15.4 Å². The Bertz CT molecular complexity index is 599. The number of aromatic nitrogens is 1. The van der Waals surface area contributed by atoms with E-state index in [4.69, 9.17) is 4.74 Å². The first kappa shape index (κ1) is 19.9. The Morgan fingerprint density at radius 1 is 1.40 bits per heavy atom. The second-order valence-corrected chi connectivity index (χ2v) is 7.03. The smallest absolute Gasteiger partial charge is 0.257 e. The van der Waals surface area contributed by atoms with Gasteiger partial charge in [0.25, 0.3) is 5.91 Å². The number of hydrogen-bond donors (Lipinski definition) is 2. The van der Waals surface area contributed by atoms with Crippen molar-refractivity contribution >= 4 is 27.7 Å². The van der Waals surface area contributed by atoms with Crippen LogP contribution in [0, 0.1) is 0 Å². The monoisotopic (exact) mass is 413 g/mol. The number of carbonyl (C=O) groups is 1. The number of nitrogens with zero attached hydrogens (tertiary/aromatic N) is 3. The minimum Gasteiger partial charge on any atom is -0.477 e. The van der Waals surface area contributed by atoms with Crippen LogP contribution >= 0.6 is 15.9 Å². The van der Waals surface area contributed by atoms with E-state index in [2.05, 4.69) is 55.3 Å². The zero-order chi connectivity index (χ0) is 18.4. The van der Waals surface area contributed by atoms with E-state index in [0.717, 1.165) is 37.2 Å². The summed E-state index contributed by atoms with van der Waals surface area (Å²) in [6, 6.07) is 1.83. The number of hydrogen-bond acceptors (Lipinski definition) is 6. The van der Waals surface area contributed by atoms with Gasteiger partial charge in [-0.1, -0.05) is 6.92 Å². The third kappa shape index (κ3) is 5.29. The van der Waals surface area contributed by atoms with Gasteiger partial charge in [-0.15, -0.1) is 0 Å². The quantitative estimate of drug-likeness (QED) is 0.738. The molecule has 140 valence electrons. The van der Waals surface area contributed by atoms with Crippen LogP contribution in [0.25, 0.3) is 0 Å². The first-order valence-electron chi connectivity index (χ1n) is 8.71. The number of nitrogens with one attached hydrogen (secondary N) is 2. The van der Waals surface area contributed by atoms with Gasteiger partial charge in [-0.2, -0.15) is 4.98 Å². The maximum atomic E-state index is 12.9. The Morgan fingerprint density at radius 3 is 2.80 bits per heavy atom. The van der Waals surface area contributed by atoms with Crippen molar-refractivity contribution in [2.75, 3.05) is 58.7 Å². The molecule has 2 N–H and O–H groups in total. The first-order valence-corrected chi connectivity index (χ1v) is 9.50. The summed E-state index contributed by atoms with van der Waals surface area (Å²) in [5, 5.41) is 6.14. The standard InChI is InChI=1S/C17H28BrN5O2/c1-5-23-8-7-22(4)10-12(11-23)20-16(24)13-9-14(18)15(19-3)21-17(13)25-6-2/h9,12H,5-8,10-11H2,1-4H3,(H,19,21)(H,20,24). The second kappa shape index (κ2) is 9.35. The SMILES string of the molecule is CCOc1nc(NC)c(Br)cc1C(=O)NC1CN(C)CCN(CC)C1. The van der Waals surface area contributed by atoms with Crippen LogP contribution in [-0.4, -0.2) is 80.2 Å². The van der Waals surface area contributed by atoms with Crippen molar-refractivity contribution in [3.05, 3.63) is 16.1 Å². The number of rotatable bonds is 6. The van der Waals surface area contributed by atoms with E-state index >= 15 is 0 Å². The molecule has 1 aliphatic heterocycles. The van der Waals surface area contributed by atoms with Gasteiger partial charge in [-0.25, -0.2) is 0 Å². The van der Waals surface area contributed by atoms with Gasteiger partial charge >= 0.3 is 0 Å². The zero-order valence-electron chi connectivity index (χ0n) is 15.4. The van der Waals surface area contributed by atoms with Crippen LogP contribution in [-0.2, 0) is 0 Å². The second-order valence-electron chi connectivity index (χ2n) is 6.18. The minimum atomic E-state index is -0.157. The van der Waals surface area contributed by atoms with Crippen molar-refractivity contribution in [3.8, 4) is 5.88 Å². The predicted octanol–water partition coefficient (Wildman–Crippen LogP) is 1.65. The summed E-state index contributed by atoms with van der Waals surface area (Å²) in [6.07, 6.45) is 0. The van der Waals surface area contributed by atoms with Gasteiger partial charge in [0.2, 0.25) is 5.88 Å². The molecule has 1 amide bonds. The third-order valence-corrected chi connectivity index (χ3v) is 4.90. The van der Waals surface area contributed by atoms with Gasteiger partial charge in [0.15, 0.2) is 0 Å². The molecule has 7 nitrogen and oxygen atoms in total. The minimum absolute atomic E-state index is 0.0668. The van der Waals surface area contributed by atoms with E-state index in [1.54, 1.807) is 13.1 Å². The molecule has 0 saturated carbocycles. The molecule has 0 spiro atoms. The summed E-state index contributed by atoms with van der Waals surface area (Å²) >= 11 is 3.45. The van der Waals surface area contributed by atoms with Crippen LogP contribution in [0.5, 0.6) is 5.88 Å². The highest BCUT2D eigenvalue weighted by Gasteiger charge is 2.24. The molecule has 1 unspecified atom stereocenters. The van der Waals surface area contributed by atoms with E-state index in [1.165, 1.54) is 0 Å². The molecule has 1 aliphatic rings. The fourth-order valence-electron chi connectivity index (χ4n) is 2.94. The number of anilines is 1. The molecule has 0 aliphatic carbocycles. The van der Waals surface area contributed by atoms with Crippen molar-refractivity contribution in [1.29, 1.82) is 0 Å². The average molecular weight is 414 g/mol. The molecular weight excluding hydrogens is 386 g/mol. The van der Waals surface area contributed by atoms with Crippen LogP contribution in [0.4, 0.5) is 5.82 Å². The Balaban J connectivity index is 2.19. The highest BCUT2D eigenvalue weighted by Crippen LogP contribution is 2.27. The summed E-state index contributed by atoms with van der Waals surface area (Å²) in [6.45, 7) is 9.16. The molecule has 2 heterocycles. The van der Waals surface area contributed by atoms with E-state index in [1.807, 2.05) is 6.92 Å². The lowest BCUT2D eigenvalue weighted by Gasteiger charge is -2.24. The van der Waals surface area contributed by atoms with Crippen LogP contribution in [0.3, 0.4) is 0 Å². The molecule has 0 bridgehead atoms. The summed E-state index contributed by atoms with van der Waals surface area (Å²) in [5.41, 5.74) is 0.447. The summed E-state index contributed by atoms with van der Waals surface area (Å²) in [5.74, 6) is 0.837. The molecule has 1 atom stereocenters. The summed E-state index contributed by atoms with van der Waals surface area (Å²) in [7, 11) is 3.87. The van der Waals surface area contributed by atoms with Crippen molar-refractivity contribution in [3.63, 3.8) is 0 Å². The average Bonchev–Trinajstić information content (AvgIpc) is 2.77. The molecule has 0 radical (unpaired) electrons. The fraction of sp³-hybridized carbons (Fsp3) is 0.647. The maximum absolute atomic E-state index is 12.9. The predicted molar refractivity (Wildman–Crippen MR) is 104 cm³/mol. The number of likely N-dealkylation sites (N-methyl/N-ethyl adjacent to an activating group) is 2. The lowest BCUT2D eigenvalue weighted by atomic mass is 10.2. The summed E-state index contributed by atoms with van der Waals surface area (Å²) in [4.78, 5) is 21.9. The molecule has 2 rings (SSSR count). The Kier molecular flexibility index (Phi) is 7.46. The maximum Gasteiger partial charge on any atom is 0.257 e. The number of pyridine rings is 1. The molecule has 25 heavy (non-hydrogen) atoms. The lowest BCUT2D eigenvalue weighted by molar-refractivity contribution is 0.0920. The Morgan fingerprint density at radius 2 is 2.16 bits per heavy atom. The molecule has 1 aromatic rings. The third-order valence-electron chi connectivity index (χ3n) is 4.29. The molecule has 8 heteroatoms. The van der Waals surface area contributed by atoms with Gasteiger partial charge in [-0.05, 0) is 42.5 Å². The van der Waals surface area contributed by atoms with E-state index in [0.29, 0.717) is 23.9 Å².